The van der Waals surface area contributed by atoms with Crippen molar-refractivity contribution in [3.05, 3.63) is 28.8 Å². The average Bonchev–Trinajstić information content (AvgIpc) is 2.68. The first-order chi connectivity index (χ1) is 16.2. The van der Waals surface area contributed by atoms with Crippen molar-refractivity contribution in [2.24, 2.45) is 11.3 Å². The first-order valence-corrected chi connectivity index (χ1v) is 13.5. The van der Waals surface area contributed by atoms with Gasteiger partial charge in [-0.05, 0) is 61.1 Å². The van der Waals surface area contributed by atoms with Crippen LogP contribution in [0.4, 0.5) is 0 Å². The molecule has 0 aliphatic carbocycles. The highest BCUT2D eigenvalue weighted by Crippen LogP contribution is 2.43. The second kappa shape index (κ2) is 10.0. The molecule has 0 radical (unpaired) electrons. The molecule has 1 aromatic carbocycles. The molecular weight excluding hydrogens is 448 g/mol. The van der Waals surface area contributed by atoms with Gasteiger partial charge in [0.05, 0.1) is 6.07 Å². The molecule has 0 bridgehead atoms. The molecule has 2 rings (SSSR count). The number of hydrogen-bond donors (Lipinski definition) is 2. The van der Waals surface area contributed by atoms with Crippen molar-refractivity contribution in [2.75, 3.05) is 0 Å². The average molecular weight is 499 g/mol. The molecule has 1 aliphatic heterocycles. The topological polar surface area (TPSA) is 82.3 Å². The molecule has 1 heterocycles. The highest BCUT2D eigenvalue weighted by atomic mass is 16.5. The molecular formula is C31H50N2O3. The summed E-state index contributed by atoms with van der Waals surface area (Å²) in [6, 6.07) is 6.37. The molecule has 1 aliphatic rings. The van der Waals surface area contributed by atoms with E-state index >= 15 is 0 Å². The van der Waals surface area contributed by atoms with Crippen LogP contribution in [0.3, 0.4) is 0 Å². The lowest BCUT2D eigenvalue weighted by Gasteiger charge is -2.46. The van der Waals surface area contributed by atoms with Crippen molar-refractivity contribution < 1.29 is 14.6 Å². The lowest BCUT2D eigenvalue weighted by molar-refractivity contribution is -0.165. The van der Waals surface area contributed by atoms with Crippen LogP contribution in [0, 0.1) is 22.7 Å². The molecule has 36 heavy (non-hydrogen) atoms. The summed E-state index contributed by atoms with van der Waals surface area (Å²) in [6.07, 6.45) is 2.08. The van der Waals surface area contributed by atoms with Gasteiger partial charge in [-0.1, -0.05) is 73.9 Å². The molecule has 1 aromatic rings. The smallest absolute Gasteiger partial charge is 0.327 e. The number of phenols is 1. The third-order valence-corrected chi connectivity index (χ3v) is 7.71. The summed E-state index contributed by atoms with van der Waals surface area (Å²) in [5.74, 6) is -0.324. The normalized spacial score (nSPS) is 20.8. The summed E-state index contributed by atoms with van der Waals surface area (Å²) in [7, 11) is 0. The number of benzene rings is 1. The zero-order valence-corrected chi connectivity index (χ0v) is 24.8. The van der Waals surface area contributed by atoms with E-state index in [-0.39, 0.29) is 40.4 Å². The Labute approximate surface area is 220 Å². The van der Waals surface area contributed by atoms with Gasteiger partial charge in [-0.15, -0.1) is 0 Å². The lowest BCUT2D eigenvalue weighted by atomic mass is 9.70. The molecule has 0 spiro atoms. The second-order valence-electron chi connectivity index (χ2n) is 14.4. The summed E-state index contributed by atoms with van der Waals surface area (Å²) in [4.78, 5) is 13.9. The van der Waals surface area contributed by atoms with Crippen molar-refractivity contribution in [3.8, 4) is 11.8 Å². The zero-order chi connectivity index (χ0) is 27.9. The van der Waals surface area contributed by atoms with Crippen LogP contribution in [0.15, 0.2) is 12.1 Å². The SMILES string of the molecule is CCC(C)C(C#N)(Cc1cc(C(C)(C)C)c(O)c(C(C)(C)C)c1)C(=O)OC1CC(C)(C)NC(C)(C)C1. The fraction of sp³-hybridized carbons (Fsp3) is 0.742. The number of nitriles is 1. The Morgan fingerprint density at radius 1 is 1.08 bits per heavy atom. The van der Waals surface area contributed by atoms with Crippen molar-refractivity contribution in [1.29, 1.82) is 5.26 Å². The first kappa shape index (κ1) is 30.2. The Balaban J connectivity index is 2.57. The number of rotatable bonds is 6. The molecule has 2 unspecified atom stereocenters. The van der Waals surface area contributed by atoms with Gasteiger partial charge in [0.15, 0.2) is 5.41 Å². The van der Waals surface area contributed by atoms with Gasteiger partial charge in [-0.2, -0.15) is 5.26 Å². The monoisotopic (exact) mass is 498 g/mol. The molecule has 1 saturated heterocycles. The maximum absolute atomic E-state index is 13.9. The molecule has 202 valence electrons. The van der Waals surface area contributed by atoms with Gasteiger partial charge < -0.3 is 15.2 Å². The number of nitrogens with zero attached hydrogens (tertiary/aromatic N) is 1. The molecule has 2 N–H and O–H groups in total. The predicted molar refractivity (Wildman–Crippen MR) is 147 cm³/mol. The van der Waals surface area contributed by atoms with Crippen molar-refractivity contribution in [1.82, 2.24) is 5.32 Å². The van der Waals surface area contributed by atoms with E-state index in [0.29, 0.717) is 25.0 Å². The van der Waals surface area contributed by atoms with E-state index in [1.165, 1.54) is 0 Å². The maximum atomic E-state index is 13.9. The summed E-state index contributed by atoms with van der Waals surface area (Å²) in [5, 5.41) is 25.3. The van der Waals surface area contributed by atoms with Gasteiger partial charge in [0.25, 0.3) is 0 Å². The number of phenolic OH excluding ortho intramolecular Hbond substituents is 1. The largest absolute Gasteiger partial charge is 0.507 e. The zero-order valence-electron chi connectivity index (χ0n) is 24.8. The molecule has 5 heteroatoms. The molecule has 2 atom stereocenters. The summed E-state index contributed by atoms with van der Waals surface area (Å²) in [5.41, 5.74) is 0.309. The minimum atomic E-state index is -1.31. The van der Waals surface area contributed by atoms with Gasteiger partial charge in [-0.25, -0.2) is 0 Å². The second-order valence-corrected chi connectivity index (χ2v) is 14.4. The number of hydrogen-bond acceptors (Lipinski definition) is 5. The van der Waals surface area contributed by atoms with Crippen LogP contribution in [-0.2, 0) is 26.8 Å². The van der Waals surface area contributed by atoms with E-state index in [1.807, 2.05) is 26.0 Å². The number of piperidine rings is 1. The Morgan fingerprint density at radius 2 is 1.53 bits per heavy atom. The number of carbonyl (C=O) groups is 1. The molecule has 1 fully saturated rings. The van der Waals surface area contributed by atoms with Crippen LogP contribution in [0.5, 0.6) is 5.75 Å². The summed E-state index contributed by atoms with van der Waals surface area (Å²) in [6.45, 7) is 24.9. The fourth-order valence-electron chi connectivity index (χ4n) is 5.82. The van der Waals surface area contributed by atoms with Gasteiger partial charge in [0, 0.05) is 30.3 Å². The van der Waals surface area contributed by atoms with E-state index in [4.69, 9.17) is 4.74 Å². The Hall–Kier alpha value is -2.06. The first-order valence-electron chi connectivity index (χ1n) is 13.5. The van der Waals surface area contributed by atoms with Gasteiger partial charge in [0.1, 0.15) is 11.9 Å². The minimum absolute atomic E-state index is 0.168. The van der Waals surface area contributed by atoms with Crippen LogP contribution < -0.4 is 5.32 Å². The van der Waals surface area contributed by atoms with Crippen molar-refractivity contribution in [2.45, 2.75) is 137 Å². The number of ether oxygens (including phenoxy) is 1. The number of carbonyl (C=O) groups excluding carboxylic acids is 1. The fourth-order valence-corrected chi connectivity index (χ4v) is 5.82. The third-order valence-electron chi connectivity index (χ3n) is 7.71. The minimum Gasteiger partial charge on any atom is -0.507 e. The molecule has 5 nitrogen and oxygen atoms in total. The third kappa shape index (κ3) is 6.62. The molecule has 0 aromatic heterocycles. The van der Waals surface area contributed by atoms with Crippen molar-refractivity contribution >= 4 is 5.97 Å². The van der Waals surface area contributed by atoms with E-state index in [1.54, 1.807) is 0 Å². The van der Waals surface area contributed by atoms with Gasteiger partial charge in [-0.3, -0.25) is 4.79 Å². The highest BCUT2D eigenvalue weighted by molar-refractivity contribution is 5.81. The van der Waals surface area contributed by atoms with E-state index in [2.05, 4.69) is 80.6 Å². The highest BCUT2D eigenvalue weighted by Gasteiger charge is 2.48. The Bertz CT molecular complexity index is 953. The van der Waals surface area contributed by atoms with Crippen LogP contribution in [0.25, 0.3) is 0 Å². The maximum Gasteiger partial charge on any atom is 0.327 e. The number of nitrogens with one attached hydrogen (secondary N) is 1. The van der Waals surface area contributed by atoms with E-state index in [9.17, 15) is 15.2 Å². The number of esters is 1. The lowest BCUT2D eigenvalue weighted by Crippen LogP contribution is -2.60. The van der Waals surface area contributed by atoms with Crippen LogP contribution in [0.2, 0.25) is 0 Å². The Kier molecular flexibility index (Phi) is 8.39. The predicted octanol–water partition coefficient (Wildman–Crippen LogP) is 6.94. The van der Waals surface area contributed by atoms with Crippen LogP contribution in [0.1, 0.15) is 119 Å². The van der Waals surface area contributed by atoms with E-state index < -0.39 is 11.4 Å². The Morgan fingerprint density at radius 3 is 1.89 bits per heavy atom. The summed E-state index contributed by atoms with van der Waals surface area (Å²) < 4.78 is 6.18. The van der Waals surface area contributed by atoms with Gasteiger partial charge in [0.2, 0.25) is 0 Å². The molecule has 0 amide bonds. The van der Waals surface area contributed by atoms with E-state index in [0.717, 1.165) is 16.7 Å². The van der Waals surface area contributed by atoms with Crippen LogP contribution >= 0.6 is 0 Å². The van der Waals surface area contributed by atoms with Crippen molar-refractivity contribution in [3.63, 3.8) is 0 Å². The van der Waals surface area contributed by atoms with Gasteiger partial charge >= 0.3 is 5.97 Å². The summed E-state index contributed by atoms with van der Waals surface area (Å²) >= 11 is 0. The number of aromatic hydroxyl groups is 1. The quantitative estimate of drug-likeness (QED) is 0.415. The standard InChI is InChI=1S/C31H50N2O3/c1-13-20(2)31(19-32,26(35)36-22-17-29(9,10)33-30(11,12)18-22)16-21-14-23(27(3,4)5)25(34)24(15-21)28(6,7)8/h14-15,20,22,33-34H,13,16-18H2,1-12H3. The van der Waals surface area contributed by atoms with Crippen LogP contribution in [-0.4, -0.2) is 28.3 Å². The molecule has 0 saturated carbocycles.